The van der Waals surface area contributed by atoms with Crippen LogP contribution in [-0.2, 0) is 9.59 Å². The van der Waals surface area contributed by atoms with Gasteiger partial charge in [-0.3, -0.25) is 9.59 Å². The third kappa shape index (κ3) is 2.20. The molecule has 0 aromatic heterocycles. The van der Waals surface area contributed by atoms with Crippen LogP contribution in [0.15, 0.2) is 58.4 Å². The summed E-state index contributed by atoms with van der Waals surface area (Å²) in [6, 6.07) is 15.4. The number of carbonyl (C=O) groups is 2. The molecule has 0 spiro atoms. The Labute approximate surface area is 143 Å². The number of likely N-dealkylation sites (N-methyl/N-ethyl adjacent to an activating group) is 1. The standard InChI is InChI=1S/C19H14N2O2S/c1-11-7-9-12(10-8-11)18-20-17(22)16(24-18)15-13-5-3-4-6-14(13)21(2)19(15)23/h3-10H,1-2H3/b16-15+. The lowest BCUT2D eigenvalue weighted by molar-refractivity contribution is -0.115. The van der Waals surface area contributed by atoms with Crippen LogP contribution in [-0.4, -0.2) is 23.9 Å². The van der Waals surface area contributed by atoms with Crippen LogP contribution in [0.3, 0.4) is 0 Å². The van der Waals surface area contributed by atoms with Gasteiger partial charge in [-0.25, -0.2) is 4.99 Å². The summed E-state index contributed by atoms with van der Waals surface area (Å²) in [6.07, 6.45) is 0. The molecule has 0 bridgehead atoms. The zero-order chi connectivity index (χ0) is 16.8. The van der Waals surface area contributed by atoms with Gasteiger partial charge in [0.1, 0.15) is 5.04 Å². The van der Waals surface area contributed by atoms with Gasteiger partial charge >= 0.3 is 0 Å². The number of anilines is 1. The monoisotopic (exact) mass is 334 g/mol. The van der Waals surface area contributed by atoms with Crippen LogP contribution >= 0.6 is 11.8 Å². The summed E-state index contributed by atoms with van der Waals surface area (Å²) >= 11 is 1.28. The third-order valence-corrected chi connectivity index (χ3v) is 5.28. The quantitative estimate of drug-likeness (QED) is 0.751. The van der Waals surface area contributed by atoms with Crippen molar-refractivity contribution in [3.8, 4) is 0 Å². The van der Waals surface area contributed by atoms with E-state index in [9.17, 15) is 9.59 Å². The van der Waals surface area contributed by atoms with E-state index in [0.29, 0.717) is 15.5 Å². The summed E-state index contributed by atoms with van der Waals surface area (Å²) in [5.74, 6) is -0.503. The Kier molecular flexibility index (Phi) is 3.39. The van der Waals surface area contributed by atoms with Gasteiger partial charge in [0, 0.05) is 18.2 Å². The number of hydrogen-bond donors (Lipinski definition) is 0. The van der Waals surface area contributed by atoms with Crippen molar-refractivity contribution >= 4 is 39.9 Å². The van der Waals surface area contributed by atoms with Crippen LogP contribution in [0.25, 0.3) is 5.57 Å². The minimum atomic E-state index is -0.343. The zero-order valence-electron chi connectivity index (χ0n) is 13.2. The number of benzene rings is 2. The highest BCUT2D eigenvalue weighted by Gasteiger charge is 2.37. The molecule has 0 radical (unpaired) electrons. The lowest BCUT2D eigenvalue weighted by atomic mass is 10.1. The molecular weight excluding hydrogens is 320 g/mol. The Bertz CT molecular complexity index is 942. The van der Waals surface area contributed by atoms with Crippen molar-refractivity contribution in [2.45, 2.75) is 6.92 Å². The maximum atomic E-state index is 12.6. The first-order valence-corrected chi connectivity index (χ1v) is 8.37. The van der Waals surface area contributed by atoms with Gasteiger partial charge in [-0.1, -0.05) is 59.8 Å². The smallest absolute Gasteiger partial charge is 0.285 e. The minimum Gasteiger partial charge on any atom is -0.311 e. The Morgan fingerprint density at radius 2 is 1.71 bits per heavy atom. The second-order valence-electron chi connectivity index (χ2n) is 5.78. The number of fused-ring (bicyclic) bond motifs is 1. The largest absolute Gasteiger partial charge is 0.311 e. The second kappa shape index (κ2) is 5.46. The highest BCUT2D eigenvalue weighted by Crippen LogP contribution is 2.43. The van der Waals surface area contributed by atoms with Crippen molar-refractivity contribution < 1.29 is 9.59 Å². The van der Waals surface area contributed by atoms with E-state index in [2.05, 4.69) is 4.99 Å². The van der Waals surface area contributed by atoms with Crippen LogP contribution in [0, 0.1) is 6.92 Å². The molecule has 2 heterocycles. The van der Waals surface area contributed by atoms with Gasteiger partial charge in [0.25, 0.3) is 11.8 Å². The Balaban J connectivity index is 1.79. The zero-order valence-corrected chi connectivity index (χ0v) is 14.1. The molecule has 0 saturated heterocycles. The molecule has 0 unspecified atom stereocenters. The average Bonchev–Trinajstić information content (AvgIpc) is 3.07. The van der Waals surface area contributed by atoms with Gasteiger partial charge in [0.15, 0.2) is 0 Å². The van der Waals surface area contributed by atoms with E-state index >= 15 is 0 Å². The molecular formula is C19H14N2O2S. The number of carbonyl (C=O) groups excluding carboxylic acids is 2. The van der Waals surface area contributed by atoms with E-state index in [0.717, 1.165) is 22.4 Å². The fourth-order valence-corrected chi connectivity index (χ4v) is 3.88. The number of nitrogens with zero attached hydrogens (tertiary/aromatic N) is 2. The number of thioether (sulfide) groups is 1. The van der Waals surface area contributed by atoms with Crippen molar-refractivity contribution in [3.63, 3.8) is 0 Å². The van der Waals surface area contributed by atoms with Gasteiger partial charge < -0.3 is 4.90 Å². The maximum Gasteiger partial charge on any atom is 0.285 e. The summed E-state index contributed by atoms with van der Waals surface area (Å²) in [7, 11) is 1.72. The molecule has 0 N–H and O–H groups in total. The van der Waals surface area contributed by atoms with Gasteiger partial charge in [-0.15, -0.1) is 0 Å². The fraction of sp³-hybridized carbons (Fsp3) is 0.105. The normalized spacial score (nSPS) is 19.8. The summed E-state index contributed by atoms with van der Waals surface area (Å²) in [5.41, 5.74) is 4.10. The molecule has 0 aliphatic carbocycles. The van der Waals surface area contributed by atoms with Crippen molar-refractivity contribution in [2.24, 2.45) is 4.99 Å². The molecule has 0 saturated carbocycles. The van der Waals surface area contributed by atoms with Crippen molar-refractivity contribution in [2.75, 3.05) is 11.9 Å². The SMILES string of the molecule is Cc1ccc(C2=NC(=O)/C(=C3\C(=O)N(C)c4ccccc43)S2)cc1. The van der Waals surface area contributed by atoms with Gasteiger partial charge in [-0.2, -0.15) is 0 Å². The minimum absolute atomic E-state index is 0.160. The second-order valence-corrected chi connectivity index (χ2v) is 6.77. The molecule has 2 aliphatic rings. The number of aliphatic imine (C=N–C) groups is 1. The maximum absolute atomic E-state index is 12.6. The lowest BCUT2D eigenvalue weighted by Gasteiger charge is -2.08. The average molecular weight is 334 g/mol. The van der Waals surface area contributed by atoms with E-state index in [1.54, 1.807) is 11.9 Å². The summed E-state index contributed by atoms with van der Waals surface area (Å²) in [6.45, 7) is 2.01. The van der Waals surface area contributed by atoms with Crippen LogP contribution in [0.1, 0.15) is 16.7 Å². The van der Waals surface area contributed by atoms with E-state index in [1.807, 2.05) is 55.5 Å². The molecule has 4 rings (SSSR count). The Morgan fingerprint density at radius 3 is 2.46 bits per heavy atom. The Hall–Kier alpha value is -2.66. The molecule has 2 aromatic rings. The van der Waals surface area contributed by atoms with Crippen molar-refractivity contribution in [3.05, 3.63) is 70.1 Å². The predicted molar refractivity (Wildman–Crippen MR) is 97.1 cm³/mol. The highest BCUT2D eigenvalue weighted by molar-refractivity contribution is 8.19. The molecule has 0 atom stereocenters. The van der Waals surface area contributed by atoms with E-state index in [4.69, 9.17) is 0 Å². The summed E-state index contributed by atoms with van der Waals surface area (Å²) in [5, 5.41) is 0.641. The topological polar surface area (TPSA) is 49.7 Å². The molecule has 5 heteroatoms. The van der Waals surface area contributed by atoms with Gasteiger partial charge in [-0.05, 0) is 13.0 Å². The number of para-hydroxylation sites is 1. The summed E-state index contributed by atoms with van der Waals surface area (Å²) < 4.78 is 0. The molecule has 2 aromatic carbocycles. The van der Waals surface area contributed by atoms with E-state index in [1.165, 1.54) is 11.8 Å². The lowest BCUT2D eigenvalue weighted by Crippen LogP contribution is -2.21. The first kappa shape index (κ1) is 14.9. The molecule has 2 amide bonds. The number of rotatable bonds is 1. The van der Waals surface area contributed by atoms with Crippen LogP contribution < -0.4 is 4.90 Å². The molecule has 24 heavy (non-hydrogen) atoms. The summed E-state index contributed by atoms with van der Waals surface area (Å²) in [4.78, 5) is 31.2. The third-order valence-electron chi connectivity index (χ3n) is 4.17. The molecule has 118 valence electrons. The molecule has 2 aliphatic heterocycles. The highest BCUT2D eigenvalue weighted by atomic mass is 32.2. The first-order chi connectivity index (χ1) is 11.6. The van der Waals surface area contributed by atoms with Crippen molar-refractivity contribution in [1.29, 1.82) is 0 Å². The Morgan fingerprint density at radius 1 is 1.00 bits per heavy atom. The molecule has 0 fully saturated rings. The van der Waals surface area contributed by atoms with Crippen LogP contribution in [0.4, 0.5) is 5.69 Å². The van der Waals surface area contributed by atoms with E-state index in [-0.39, 0.29) is 11.8 Å². The fourth-order valence-electron chi connectivity index (χ4n) is 2.87. The number of amides is 2. The van der Waals surface area contributed by atoms with Gasteiger partial charge in [0.2, 0.25) is 0 Å². The van der Waals surface area contributed by atoms with E-state index < -0.39 is 0 Å². The predicted octanol–water partition coefficient (Wildman–Crippen LogP) is 3.40. The van der Waals surface area contributed by atoms with Crippen molar-refractivity contribution in [1.82, 2.24) is 0 Å². The van der Waals surface area contributed by atoms with Crippen LogP contribution in [0.5, 0.6) is 0 Å². The number of aryl methyl sites for hydroxylation is 1. The first-order valence-electron chi connectivity index (χ1n) is 7.56. The number of hydrogen-bond acceptors (Lipinski definition) is 3. The molecule has 4 nitrogen and oxygen atoms in total. The van der Waals surface area contributed by atoms with Crippen LogP contribution in [0.2, 0.25) is 0 Å². The van der Waals surface area contributed by atoms with Gasteiger partial charge in [0.05, 0.1) is 16.2 Å².